The monoisotopic (exact) mass is 196 g/mol. The van der Waals surface area contributed by atoms with Crippen molar-refractivity contribution in [2.75, 3.05) is 6.61 Å². The van der Waals surface area contributed by atoms with Crippen molar-refractivity contribution in [3.05, 3.63) is 11.6 Å². The molecule has 2 aliphatic carbocycles. The summed E-state index contributed by atoms with van der Waals surface area (Å²) in [7, 11) is -0.776. The molecular formula is C11H20OSi. The van der Waals surface area contributed by atoms with Gasteiger partial charge in [-0.05, 0) is 50.6 Å². The van der Waals surface area contributed by atoms with Crippen molar-refractivity contribution in [2.24, 2.45) is 11.8 Å². The summed E-state index contributed by atoms with van der Waals surface area (Å²) in [5.74, 6) is 1.89. The molecule has 0 aromatic carbocycles. The molecule has 1 saturated carbocycles. The van der Waals surface area contributed by atoms with Crippen LogP contribution >= 0.6 is 0 Å². The summed E-state index contributed by atoms with van der Waals surface area (Å²) >= 11 is 0. The van der Waals surface area contributed by atoms with Crippen LogP contribution in [0.15, 0.2) is 11.6 Å². The molecule has 2 heteroatoms. The Morgan fingerprint density at radius 3 is 2.85 bits per heavy atom. The lowest BCUT2D eigenvalue weighted by Gasteiger charge is -2.14. The zero-order chi connectivity index (χ0) is 9.26. The van der Waals surface area contributed by atoms with Gasteiger partial charge >= 0.3 is 0 Å². The average Bonchev–Trinajstić information content (AvgIpc) is 2.64. The van der Waals surface area contributed by atoms with E-state index in [1.54, 1.807) is 5.57 Å². The zero-order valence-corrected chi connectivity index (χ0v) is 9.91. The van der Waals surface area contributed by atoms with Crippen LogP contribution in [0.3, 0.4) is 0 Å². The van der Waals surface area contributed by atoms with Crippen LogP contribution < -0.4 is 0 Å². The number of hydrogen-bond donors (Lipinski definition) is 0. The van der Waals surface area contributed by atoms with Crippen molar-refractivity contribution in [1.29, 1.82) is 0 Å². The van der Waals surface area contributed by atoms with E-state index in [1.165, 1.54) is 25.7 Å². The van der Waals surface area contributed by atoms with Gasteiger partial charge in [-0.1, -0.05) is 11.6 Å². The molecule has 1 nitrogen and oxygen atoms in total. The molecule has 2 unspecified atom stereocenters. The van der Waals surface area contributed by atoms with E-state index in [4.69, 9.17) is 4.43 Å². The predicted octanol–water partition coefficient (Wildman–Crippen LogP) is 2.73. The van der Waals surface area contributed by atoms with E-state index >= 15 is 0 Å². The van der Waals surface area contributed by atoms with Crippen molar-refractivity contribution in [3.8, 4) is 0 Å². The number of fused-ring (bicyclic) bond motifs is 2. The molecule has 0 N–H and O–H groups in total. The Labute approximate surface area is 82.9 Å². The van der Waals surface area contributed by atoms with Gasteiger partial charge in [0.1, 0.15) is 0 Å². The molecule has 0 saturated heterocycles. The highest BCUT2D eigenvalue weighted by atomic mass is 28.3. The molecule has 2 bridgehead atoms. The summed E-state index contributed by atoms with van der Waals surface area (Å²) in [5.41, 5.74) is 1.71. The fourth-order valence-corrected chi connectivity index (χ4v) is 3.23. The van der Waals surface area contributed by atoms with Gasteiger partial charge in [-0.15, -0.1) is 0 Å². The number of hydrogen-bond acceptors (Lipinski definition) is 1. The quantitative estimate of drug-likeness (QED) is 0.496. The third kappa shape index (κ3) is 2.23. The SMILES string of the molecule is C[SiH](C)OCCC1=CC2CCC1C2. The molecule has 2 rings (SSSR count). The first-order chi connectivity index (χ1) is 6.25. The maximum absolute atomic E-state index is 5.71. The van der Waals surface area contributed by atoms with Crippen LogP contribution in [0.4, 0.5) is 0 Å². The van der Waals surface area contributed by atoms with Crippen LogP contribution in [0.1, 0.15) is 25.7 Å². The molecule has 2 atom stereocenters. The molecule has 2 aliphatic rings. The third-order valence-corrected chi connectivity index (χ3v) is 4.19. The summed E-state index contributed by atoms with van der Waals surface area (Å²) in [6.07, 6.45) is 8.10. The minimum absolute atomic E-state index is 0.776. The highest BCUT2D eigenvalue weighted by Gasteiger charge is 2.31. The van der Waals surface area contributed by atoms with Crippen molar-refractivity contribution >= 4 is 9.04 Å². The Morgan fingerprint density at radius 1 is 1.46 bits per heavy atom. The van der Waals surface area contributed by atoms with E-state index in [1.807, 2.05) is 0 Å². The van der Waals surface area contributed by atoms with E-state index in [2.05, 4.69) is 19.2 Å². The van der Waals surface area contributed by atoms with E-state index in [-0.39, 0.29) is 0 Å². The first kappa shape index (κ1) is 9.47. The van der Waals surface area contributed by atoms with Gasteiger partial charge in [0, 0.05) is 6.61 Å². The second-order valence-electron chi connectivity index (χ2n) is 4.68. The number of rotatable bonds is 4. The Morgan fingerprint density at radius 2 is 2.31 bits per heavy atom. The standard InChI is InChI=1S/C11H20OSi/c1-13(2)12-6-5-11-8-9-3-4-10(11)7-9/h8-10,13H,3-7H2,1-2H3. The second kappa shape index (κ2) is 3.97. The van der Waals surface area contributed by atoms with E-state index in [0.717, 1.165) is 18.4 Å². The van der Waals surface area contributed by atoms with Gasteiger partial charge in [-0.3, -0.25) is 0 Å². The maximum atomic E-state index is 5.71. The Hall–Kier alpha value is -0.0831. The molecule has 0 radical (unpaired) electrons. The van der Waals surface area contributed by atoms with E-state index in [9.17, 15) is 0 Å². The van der Waals surface area contributed by atoms with Crippen molar-refractivity contribution in [1.82, 2.24) is 0 Å². The predicted molar refractivity (Wildman–Crippen MR) is 58.4 cm³/mol. The van der Waals surface area contributed by atoms with Gasteiger partial charge in [-0.25, -0.2) is 0 Å². The normalized spacial score (nSPS) is 31.5. The molecule has 74 valence electrons. The molecular weight excluding hydrogens is 176 g/mol. The topological polar surface area (TPSA) is 9.23 Å². The molecule has 1 fully saturated rings. The van der Waals surface area contributed by atoms with Crippen molar-refractivity contribution in [3.63, 3.8) is 0 Å². The molecule has 0 aliphatic heterocycles. The lowest BCUT2D eigenvalue weighted by Crippen LogP contribution is -2.10. The van der Waals surface area contributed by atoms with Gasteiger partial charge in [0.15, 0.2) is 9.04 Å². The Balaban J connectivity index is 1.74. The van der Waals surface area contributed by atoms with Gasteiger partial charge in [0.05, 0.1) is 0 Å². The summed E-state index contributed by atoms with van der Waals surface area (Å²) in [6.45, 7) is 5.48. The summed E-state index contributed by atoms with van der Waals surface area (Å²) in [6, 6.07) is 0. The highest BCUT2D eigenvalue weighted by Crippen LogP contribution is 2.44. The first-order valence-corrected chi connectivity index (χ1v) is 8.36. The zero-order valence-electron chi connectivity index (χ0n) is 8.75. The van der Waals surface area contributed by atoms with Gasteiger partial charge in [0.2, 0.25) is 0 Å². The van der Waals surface area contributed by atoms with Gasteiger partial charge in [0.25, 0.3) is 0 Å². The molecule has 0 aromatic rings. The minimum atomic E-state index is -0.776. The average molecular weight is 196 g/mol. The molecule has 0 heterocycles. The molecule has 0 amide bonds. The summed E-state index contributed by atoms with van der Waals surface area (Å²) in [4.78, 5) is 0. The second-order valence-corrected chi connectivity index (χ2v) is 7.11. The number of allylic oxidation sites excluding steroid dienone is 1. The summed E-state index contributed by atoms with van der Waals surface area (Å²) < 4.78 is 5.71. The largest absolute Gasteiger partial charge is 0.420 e. The third-order valence-electron chi connectivity index (χ3n) is 3.29. The maximum Gasteiger partial charge on any atom is 0.170 e. The van der Waals surface area contributed by atoms with Crippen LogP contribution in [0.25, 0.3) is 0 Å². The lowest BCUT2D eigenvalue weighted by atomic mass is 9.96. The Bertz CT molecular complexity index is 210. The fraction of sp³-hybridized carbons (Fsp3) is 0.818. The van der Waals surface area contributed by atoms with Gasteiger partial charge in [-0.2, -0.15) is 0 Å². The lowest BCUT2D eigenvalue weighted by molar-refractivity contribution is 0.325. The first-order valence-electron chi connectivity index (χ1n) is 5.58. The van der Waals surface area contributed by atoms with E-state index in [0.29, 0.717) is 0 Å². The van der Waals surface area contributed by atoms with Crippen LogP contribution in [0, 0.1) is 11.8 Å². The minimum Gasteiger partial charge on any atom is -0.420 e. The Kier molecular flexibility index (Phi) is 2.89. The van der Waals surface area contributed by atoms with Crippen LogP contribution in [0.2, 0.25) is 13.1 Å². The van der Waals surface area contributed by atoms with Crippen molar-refractivity contribution < 1.29 is 4.43 Å². The van der Waals surface area contributed by atoms with Crippen molar-refractivity contribution in [2.45, 2.75) is 38.8 Å². The van der Waals surface area contributed by atoms with Crippen LogP contribution in [-0.4, -0.2) is 15.6 Å². The van der Waals surface area contributed by atoms with E-state index < -0.39 is 9.04 Å². The smallest absolute Gasteiger partial charge is 0.170 e. The molecule has 0 aromatic heterocycles. The molecule has 0 spiro atoms. The van der Waals surface area contributed by atoms with Gasteiger partial charge < -0.3 is 4.43 Å². The highest BCUT2D eigenvalue weighted by molar-refractivity contribution is 6.48. The van der Waals surface area contributed by atoms with Crippen LogP contribution in [-0.2, 0) is 4.43 Å². The molecule has 13 heavy (non-hydrogen) atoms. The fourth-order valence-electron chi connectivity index (χ4n) is 2.64. The summed E-state index contributed by atoms with van der Waals surface area (Å²) in [5, 5.41) is 0. The van der Waals surface area contributed by atoms with Crippen LogP contribution in [0.5, 0.6) is 0 Å².